The lowest BCUT2D eigenvalue weighted by Gasteiger charge is -2.30. The highest BCUT2D eigenvalue weighted by atomic mass is 16.7. The molecule has 1 aromatic rings. The third-order valence-electron chi connectivity index (χ3n) is 5.92. The number of amides is 1. The Labute approximate surface area is 149 Å². The van der Waals surface area contributed by atoms with Crippen LogP contribution in [-0.4, -0.2) is 55.2 Å². The molecule has 3 heterocycles. The fraction of sp³-hybridized carbons (Fsp3) is 0.650. The van der Waals surface area contributed by atoms with E-state index in [9.17, 15) is 4.79 Å². The number of carbonyl (C=O) groups is 1. The highest BCUT2D eigenvalue weighted by Crippen LogP contribution is 2.37. The monoisotopic (exact) mass is 344 g/mol. The van der Waals surface area contributed by atoms with Crippen molar-refractivity contribution in [3.8, 4) is 11.5 Å². The summed E-state index contributed by atoms with van der Waals surface area (Å²) in [6.07, 6.45) is 3.78. The summed E-state index contributed by atoms with van der Waals surface area (Å²) in [6, 6.07) is 5.86. The summed E-state index contributed by atoms with van der Waals surface area (Å²) in [5.74, 6) is 2.34. The Morgan fingerprint density at radius 1 is 1.16 bits per heavy atom. The van der Waals surface area contributed by atoms with Gasteiger partial charge in [-0.25, -0.2) is 0 Å². The van der Waals surface area contributed by atoms with E-state index < -0.39 is 5.41 Å². The van der Waals surface area contributed by atoms with Crippen LogP contribution in [0.5, 0.6) is 11.5 Å². The largest absolute Gasteiger partial charge is 0.454 e. The van der Waals surface area contributed by atoms with E-state index in [1.165, 1.54) is 25.9 Å². The summed E-state index contributed by atoms with van der Waals surface area (Å²) < 4.78 is 10.9. The van der Waals surface area contributed by atoms with Crippen molar-refractivity contribution < 1.29 is 14.3 Å². The molecule has 1 atom stereocenters. The van der Waals surface area contributed by atoms with E-state index in [1.54, 1.807) is 0 Å². The zero-order valence-electron chi connectivity index (χ0n) is 15.3. The van der Waals surface area contributed by atoms with Gasteiger partial charge in [0.15, 0.2) is 11.5 Å². The molecule has 25 heavy (non-hydrogen) atoms. The number of benzene rings is 1. The van der Waals surface area contributed by atoms with Crippen molar-refractivity contribution in [2.24, 2.45) is 5.92 Å². The Hall–Kier alpha value is -1.75. The van der Waals surface area contributed by atoms with Crippen LogP contribution in [-0.2, 0) is 10.2 Å². The van der Waals surface area contributed by atoms with Gasteiger partial charge in [-0.1, -0.05) is 6.07 Å². The van der Waals surface area contributed by atoms with Crippen molar-refractivity contribution in [3.05, 3.63) is 23.8 Å². The number of rotatable bonds is 4. The Morgan fingerprint density at radius 3 is 2.72 bits per heavy atom. The Morgan fingerprint density at radius 2 is 1.92 bits per heavy atom. The van der Waals surface area contributed by atoms with Gasteiger partial charge >= 0.3 is 0 Å². The van der Waals surface area contributed by atoms with Gasteiger partial charge in [-0.3, -0.25) is 4.79 Å². The van der Waals surface area contributed by atoms with Crippen LogP contribution in [0, 0.1) is 5.92 Å². The molecule has 0 N–H and O–H groups in total. The smallest absolute Gasteiger partial charge is 0.232 e. The minimum Gasteiger partial charge on any atom is -0.454 e. The van der Waals surface area contributed by atoms with Gasteiger partial charge in [0.05, 0.1) is 5.41 Å². The predicted molar refractivity (Wildman–Crippen MR) is 96.0 cm³/mol. The minimum atomic E-state index is -0.552. The van der Waals surface area contributed by atoms with Crippen LogP contribution < -0.4 is 9.47 Å². The Kier molecular flexibility index (Phi) is 4.36. The van der Waals surface area contributed by atoms with Crippen molar-refractivity contribution >= 4 is 5.91 Å². The topological polar surface area (TPSA) is 42.0 Å². The van der Waals surface area contributed by atoms with Crippen LogP contribution in [0.15, 0.2) is 18.2 Å². The van der Waals surface area contributed by atoms with E-state index in [0.29, 0.717) is 5.92 Å². The molecule has 0 aliphatic carbocycles. The molecule has 2 saturated heterocycles. The van der Waals surface area contributed by atoms with E-state index in [0.717, 1.165) is 43.1 Å². The zero-order chi connectivity index (χ0) is 17.4. The van der Waals surface area contributed by atoms with Crippen LogP contribution in [0.4, 0.5) is 0 Å². The minimum absolute atomic E-state index is 0.218. The molecule has 5 nitrogen and oxygen atoms in total. The first-order chi connectivity index (χ1) is 12.0. The predicted octanol–water partition coefficient (Wildman–Crippen LogP) is 2.64. The van der Waals surface area contributed by atoms with E-state index in [2.05, 4.69) is 9.80 Å². The molecular formula is C20H28N2O3. The van der Waals surface area contributed by atoms with E-state index in [4.69, 9.17) is 9.47 Å². The van der Waals surface area contributed by atoms with Gasteiger partial charge in [-0.2, -0.15) is 0 Å². The van der Waals surface area contributed by atoms with E-state index in [1.807, 2.05) is 32.0 Å². The maximum Gasteiger partial charge on any atom is 0.232 e. The van der Waals surface area contributed by atoms with Crippen molar-refractivity contribution in [2.75, 3.05) is 39.5 Å². The first-order valence-corrected chi connectivity index (χ1v) is 9.46. The van der Waals surface area contributed by atoms with Crippen LogP contribution in [0.2, 0.25) is 0 Å². The summed E-state index contributed by atoms with van der Waals surface area (Å²) in [5.41, 5.74) is 0.438. The fourth-order valence-corrected chi connectivity index (χ4v) is 4.30. The maximum atomic E-state index is 13.2. The van der Waals surface area contributed by atoms with Gasteiger partial charge in [0, 0.05) is 19.6 Å². The molecule has 3 aliphatic heterocycles. The van der Waals surface area contributed by atoms with Crippen LogP contribution in [0.25, 0.3) is 0 Å². The van der Waals surface area contributed by atoms with Crippen LogP contribution in [0.3, 0.4) is 0 Å². The molecule has 3 aliphatic rings. The lowest BCUT2D eigenvalue weighted by atomic mass is 9.83. The number of carbonyl (C=O) groups excluding carboxylic acids is 1. The number of nitrogens with zero attached hydrogens (tertiary/aromatic N) is 2. The molecule has 0 bridgehead atoms. The molecule has 0 radical (unpaired) electrons. The zero-order valence-corrected chi connectivity index (χ0v) is 15.3. The van der Waals surface area contributed by atoms with Gasteiger partial charge in [-0.05, 0) is 69.8 Å². The standard InChI is InChI=1S/C20H28N2O3/c1-20(2,16-5-6-17-18(11-16)25-14-24-17)19(23)22-10-7-15(13-22)12-21-8-3-4-9-21/h5-6,11,15H,3-4,7-10,12-14H2,1-2H3. The first kappa shape index (κ1) is 16.7. The molecule has 5 heteroatoms. The Balaban J connectivity index is 1.42. The highest BCUT2D eigenvalue weighted by Gasteiger charge is 2.38. The van der Waals surface area contributed by atoms with Crippen molar-refractivity contribution in [1.82, 2.24) is 9.80 Å². The number of fused-ring (bicyclic) bond motifs is 1. The molecule has 1 unspecified atom stereocenters. The maximum absolute atomic E-state index is 13.2. The average molecular weight is 344 g/mol. The molecule has 4 rings (SSSR count). The molecule has 1 aromatic carbocycles. The van der Waals surface area contributed by atoms with E-state index >= 15 is 0 Å². The molecule has 0 spiro atoms. The number of ether oxygens (including phenoxy) is 2. The van der Waals surface area contributed by atoms with Gasteiger partial charge in [0.1, 0.15) is 0 Å². The van der Waals surface area contributed by atoms with Gasteiger partial charge in [0.25, 0.3) is 0 Å². The summed E-state index contributed by atoms with van der Waals surface area (Å²) in [6.45, 7) is 9.67. The van der Waals surface area contributed by atoms with Gasteiger partial charge < -0.3 is 19.3 Å². The average Bonchev–Trinajstić information content (AvgIpc) is 3.35. The SMILES string of the molecule is CC(C)(C(=O)N1CCC(CN2CCCC2)C1)c1ccc2c(c1)OCO2. The molecule has 0 aromatic heterocycles. The number of likely N-dealkylation sites (tertiary alicyclic amines) is 2. The molecule has 136 valence electrons. The molecule has 2 fully saturated rings. The molecule has 0 saturated carbocycles. The first-order valence-electron chi connectivity index (χ1n) is 9.46. The third-order valence-corrected chi connectivity index (χ3v) is 5.92. The normalized spacial score (nSPS) is 23.4. The summed E-state index contributed by atoms with van der Waals surface area (Å²) in [4.78, 5) is 17.8. The van der Waals surface area contributed by atoms with Crippen LogP contribution in [0.1, 0.15) is 38.7 Å². The van der Waals surface area contributed by atoms with Crippen LogP contribution >= 0.6 is 0 Å². The number of hydrogen-bond acceptors (Lipinski definition) is 4. The summed E-state index contributed by atoms with van der Waals surface area (Å²) >= 11 is 0. The molecule has 1 amide bonds. The highest BCUT2D eigenvalue weighted by molar-refractivity contribution is 5.87. The second-order valence-corrected chi connectivity index (χ2v) is 8.11. The second-order valence-electron chi connectivity index (χ2n) is 8.11. The van der Waals surface area contributed by atoms with Crippen molar-refractivity contribution in [2.45, 2.75) is 38.5 Å². The Bertz CT molecular complexity index is 652. The van der Waals surface area contributed by atoms with Gasteiger partial charge in [0.2, 0.25) is 12.7 Å². The lowest BCUT2D eigenvalue weighted by molar-refractivity contribution is -0.135. The van der Waals surface area contributed by atoms with E-state index in [-0.39, 0.29) is 12.7 Å². The second kappa shape index (κ2) is 6.52. The van der Waals surface area contributed by atoms with Crippen molar-refractivity contribution in [1.29, 1.82) is 0 Å². The summed E-state index contributed by atoms with van der Waals surface area (Å²) in [5, 5.41) is 0. The summed E-state index contributed by atoms with van der Waals surface area (Å²) in [7, 11) is 0. The quantitative estimate of drug-likeness (QED) is 0.842. The van der Waals surface area contributed by atoms with Gasteiger partial charge in [-0.15, -0.1) is 0 Å². The lowest BCUT2D eigenvalue weighted by Crippen LogP contribution is -2.42. The number of hydrogen-bond donors (Lipinski definition) is 0. The fourth-order valence-electron chi connectivity index (χ4n) is 4.30. The molecular weight excluding hydrogens is 316 g/mol. The van der Waals surface area contributed by atoms with Crippen molar-refractivity contribution in [3.63, 3.8) is 0 Å². The third kappa shape index (κ3) is 3.22.